The molecule has 1 fully saturated rings. The Morgan fingerprint density at radius 2 is 2.17 bits per heavy atom. The molecule has 5 nitrogen and oxygen atoms in total. The van der Waals surface area contributed by atoms with Crippen molar-refractivity contribution in [3.63, 3.8) is 0 Å². The quantitative estimate of drug-likeness (QED) is 0.809. The molecule has 0 spiro atoms. The topological polar surface area (TPSA) is 51.0 Å². The summed E-state index contributed by atoms with van der Waals surface area (Å²) in [6.45, 7) is 13.2. The standard InChI is InChI=1S/C18H32N4O/c1-6-18(4,5)17(23)21-9-7-8-15(11-21)12-22-13-16(19-20-22)10-14(2)3/h13-15H,6-12H2,1-5H3/t15-/m0/s1. The molecule has 1 aliphatic rings. The maximum Gasteiger partial charge on any atom is 0.228 e. The van der Waals surface area contributed by atoms with Gasteiger partial charge >= 0.3 is 0 Å². The number of carbonyl (C=O) groups is 1. The molecular formula is C18H32N4O. The number of hydrogen-bond acceptors (Lipinski definition) is 3. The van der Waals surface area contributed by atoms with Crippen molar-refractivity contribution >= 4 is 5.91 Å². The smallest absolute Gasteiger partial charge is 0.228 e. The van der Waals surface area contributed by atoms with Gasteiger partial charge in [0.2, 0.25) is 5.91 Å². The minimum Gasteiger partial charge on any atom is -0.342 e. The molecule has 1 atom stereocenters. The highest BCUT2D eigenvalue weighted by Gasteiger charge is 2.33. The fourth-order valence-electron chi connectivity index (χ4n) is 3.18. The van der Waals surface area contributed by atoms with E-state index in [0.29, 0.717) is 17.7 Å². The molecule has 0 N–H and O–H groups in total. The van der Waals surface area contributed by atoms with Crippen LogP contribution in [0, 0.1) is 17.3 Å². The first-order chi connectivity index (χ1) is 10.8. The van der Waals surface area contributed by atoms with Gasteiger partial charge in [-0.2, -0.15) is 0 Å². The van der Waals surface area contributed by atoms with Gasteiger partial charge in [0.1, 0.15) is 0 Å². The van der Waals surface area contributed by atoms with E-state index < -0.39 is 0 Å². The van der Waals surface area contributed by atoms with Crippen LogP contribution in [0.2, 0.25) is 0 Å². The zero-order chi connectivity index (χ0) is 17.0. The molecule has 0 saturated carbocycles. The molecule has 1 aromatic rings. The third kappa shape index (κ3) is 4.79. The summed E-state index contributed by atoms with van der Waals surface area (Å²) >= 11 is 0. The average Bonchev–Trinajstić information content (AvgIpc) is 2.93. The number of rotatable bonds is 6. The van der Waals surface area contributed by atoms with E-state index in [1.165, 1.54) is 0 Å². The molecule has 0 unspecified atom stereocenters. The van der Waals surface area contributed by atoms with E-state index in [9.17, 15) is 4.79 Å². The van der Waals surface area contributed by atoms with Crippen LogP contribution in [-0.4, -0.2) is 38.9 Å². The Kier molecular flexibility index (Phi) is 5.82. The minimum absolute atomic E-state index is 0.250. The molecule has 0 radical (unpaired) electrons. The predicted molar refractivity (Wildman–Crippen MR) is 91.9 cm³/mol. The average molecular weight is 320 g/mol. The number of nitrogens with zero attached hydrogens (tertiary/aromatic N) is 4. The molecule has 2 heterocycles. The molecular weight excluding hydrogens is 288 g/mol. The van der Waals surface area contributed by atoms with Crippen molar-refractivity contribution in [2.24, 2.45) is 17.3 Å². The maximum absolute atomic E-state index is 12.7. The molecule has 5 heteroatoms. The number of piperidine rings is 1. The molecule has 0 aromatic carbocycles. The van der Waals surface area contributed by atoms with Crippen LogP contribution in [0.1, 0.15) is 59.6 Å². The van der Waals surface area contributed by atoms with Gasteiger partial charge in [-0.3, -0.25) is 9.48 Å². The molecule has 23 heavy (non-hydrogen) atoms. The van der Waals surface area contributed by atoms with Crippen LogP contribution in [0.15, 0.2) is 6.20 Å². The van der Waals surface area contributed by atoms with Gasteiger partial charge in [0.15, 0.2) is 0 Å². The second-order valence-electron chi connectivity index (χ2n) is 8.03. The van der Waals surface area contributed by atoms with Gasteiger partial charge < -0.3 is 4.90 Å². The molecule has 1 saturated heterocycles. The summed E-state index contributed by atoms with van der Waals surface area (Å²) in [5.41, 5.74) is 0.815. The van der Waals surface area contributed by atoms with Crippen molar-refractivity contribution in [1.82, 2.24) is 19.9 Å². The first-order valence-electron chi connectivity index (χ1n) is 9.00. The maximum atomic E-state index is 12.7. The molecule has 0 bridgehead atoms. The Balaban J connectivity index is 1.94. The molecule has 1 amide bonds. The normalized spacial score (nSPS) is 19.4. The fourth-order valence-corrected chi connectivity index (χ4v) is 3.18. The van der Waals surface area contributed by atoms with Crippen LogP contribution in [-0.2, 0) is 17.8 Å². The van der Waals surface area contributed by atoms with E-state index in [4.69, 9.17) is 0 Å². The second kappa shape index (κ2) is 7.45. The Morgan fingerprint density at radius 1 is 1.43 bits per heavy atom. The van der Waals surface area contributed by atoms with Gasteiger partial charge in [0.25, 0.3) is 0 Å². The first-order valence-corrected chi connectivity index (χ1v) is 9.00. The minimum atomic E-state index is -0.250. The lowest BCUT2D eigenvalue weighted by Gasteiger charge is -2.37. The van der Waals surface area contributed by atoms with Crippen molar-refractivity contribution in [3.05, 3.63) is 11.9 Å². The molecule has 0 aliphatic carbocycles. The molecule has 1 aliphatic heterocycles. The van der Waals surface area contributed by atoms with Crippen LogP contribution < -0.4 is 0 Å². The van der Waals surface area contributed by atoms with Crippen molar-refractivity contribution in [1.29, 1.82) is 0 Å². The molecule has 2 rings (SSSR count). The van der Waals surface area contributed by atoms with Crippen molar-refractivity contribution in [2.45, 2.75) is 66.8 Å². The first kappa shape index (κ1) is 18.0. The van der Waals surface area contributed by atoms with E-state index >= 15 is 0 Å². The zero-order valence-corrected chi connectivity index (χ0v) is 15.4. The summed E-state index contributed by atoms with van der Waals surface area (Å²) in [6.07, 6.45) is 6.17. The largest absolute Gasteiger partial charge is 0.342 e. The van der Waals surface area contributed by atoms with Crippen LogP contribution in [0.25, 0.3) is 0 Å². The summed E-state index contributed by atoms with van der Waals surface area (Å²) in [5, 5.41) is 8.52. The van der Waals surface area contributed by atoms with Gasteiger partial charge in [0, 0.05) is 31.2 Å². The van der Waals surface area contributed by atoms with Crippen LogP contribution in [0.5, 0.6) is 0 Å². The Labute approximate surface area is 140 Å². The fraction of sp³-hybridized carbons (Fsp3) is 0.833. The predicted octanol–water partition coefficient (Wildman–Crippen LogP) is 3.15. The second-order valence-corrected chi connectivity index (χ2v) is 8.03. The summed E-state index contributed by atoms with van der Waals surface area (Å²) in [7, 11) is 0. The lowest BCUT2D eigenvalue weighted by molar-refractivity contribution is -0.142. The summed E-state index contributed by atoms with van der Waals surface area (Å²) in [6, 6.07) is 0. The van der Waals surface area contributed by atoms with E-state index in [-0.39, 0.29) is 5.41 Å². The highest BCUT2D eigenvalue weighted by molar-refractivity contribution is 5.82. The summed E-state index contributed by atoms with van der Waals surface area (Å²) < 4.78 is 1.96. The Bertz CT molecular complexity index is 521. The number of aromatic nitrogens is 3. The Hall–Kier alpha value is -1.39. The Morgan fingerprint density at radius 3 is 2.83 bits per heavy atom. The SMILES string of the molecule is CCC(C)(C)C(=O)N1CCC[C@H](Cn2cc(CC(C)C)nn2)C1. The van der Waals surface area contributed by atoms with Crippen LogP contribution >= 0.6 is 0 Å². The lowest BCUT2D eigenvalue weighted by atomic mass is 9.87. The highest BCUT2D eigenvalue weighted by atomic mass is 16.2. The third-order valence-corrected chi connectivity index (χ3v) is 4.92. The number of likely N-dealkylation sites (tertiary alicyclic amines) is 1. The lowest BCUT2D eigenvalue weighted by Crippen LogP contribution is -2.46. The van der Waals surface area contributed by atoms with Crippen molar-refractivity contribution in [3.8, 4) is 0 Å². The van der Waals surface area contributed by atoms with E-state index in [1.54, 1.807) is 0 Å². The highest BCUT2D eigenvalue weighted by Crippen LogP contribution is 2.27. The van der Waals surface area contributed by atoms with Crippen LogP contribution in [0.4, 0.5) is 0 Å². The number of hydrogen-bond donors (Lipinski definition) is 0. The summed E-state index contributed by atoms with van der Waals surface area (Å²) in [4.78, 5) is 14.7. The number of amides is 1. The molecule has 1 aromatic heterocycles. The monoisotopic (exact) mass is 320 g/mol. The van der Waals surface area contributed by atoms with Crippen LogP contribution in [0.3, 0.4) is 0 Å². The summed E-state index contributed by atoms with van der Waals surface area (Å²) in [5.74, 6) is 1.37. The zero-order valence-electron chi connectivity index (χ0n) is 15.4. The van der Waals surface area contributed by atoms with Gasteiger partial charge in [0.05, 0.1) is 5.69 Å². The van der Waals surface area contributed by atoms with Gasteiger partial charge in [-0.15, -0.1) is 5.10 Å². The van der Waals surface area contributed by atoms with Crippen molar-refractivity contribution in [2.75, 3.05) is 13.1 Å². The van der Waals surface area contributed by atoms with E-state index in [1.807, 2.05) is 4.68 Å². The van der Waals surface area contributed by atoms with E-state index in [0.717, 1.165) is 51.0 Å². The number of carbonyl (C=O) groups excluding carboxylic acids is 1. The van der Waals surface area contributed by atoms with E-state index in [2.05, 4.69) is 56.0 Å². The molecule has 130 valence electrons. The third-order valence-electron chi connectivity index (χ3n) is 4.92. The van der Waals surface area contributed by atoms with Gasteiger partial charge in [-0.05, 0) is 37.5 Å². The van der Waals surface area contributed by atoms with Gasteiger partial charge in [-0.25, -0.2) is 0 Å². The van der Waals surface area contributed by atoms with Gasteiger partial charge in [-0.1, -0.05) is 39.8 Å². The van der Waals surface area contributed by atoms with Crippen molar-refractivity contribution < 1.29 is 4.79 Å².